The zero-order chi connectivity index (χ0) is 47.2. The van der Waals surface area contributed by atoms with Crippen LogP contribution in [-0.2, 0) is 9.59 Å². The molecule has 0 atom stereocenters. The Morgan fingerprint density at radius 2 is 1.28 bits per heavy atom. The molecule has 0 aliphatic carbocycles. The minimum atomic E-state index is -0.603. The fourth-order valence-corrected chi connectivity index (χ4v) is 8.64. The largest absolute Gasteiger partial charge is 0.507 e. The minimum absolute atomic E-state index is 0.0175. The molecule has 0 saturated carbocycles. The monoisotopic (exact) mass is 878 g/mol. The van der Waals surface area contributed by atoms with Gasteiger partial charge in [-0.05, 0) is 85.7 Å². The van der Waals surface area contributed by atoms with E-state index in [4.69, 9.17) is 0 Å². The molecule has 0 fully saturated rings. The Hall–Kier alpha value is -7.88. The standard InChI is InChI=1S/C49H50N8O8/c1-10-56(9)47-27(14-12-16-50-47)33(22-58)54-52-20-31-38-29(34(23(3)4)45(63)41(31)59)18-25(7)36(43(38)61)37-26(8)19-30-35(24(5)6)46(64)42(60)32(39(30)44(37)62)21-53-55-40-28-15-13-17-51-48(28)57(11-2)49(40)65/h12-24,59-64H,10-11H2,1-9H3/b52-20+,53-21+,54-33+,55-40+. The Morgan fingerprint density at radius 1 is 0.754 bits per heavy atom. The van der Waals surface area contributed by atoms with Gasteiger partial charge in [-0.15, -0.1) is 10.2 Å². The summed E-state index contributed by atoms with van der Waals surface area (Å²) in [6, 6.07) is 10.1. The number of rotatable bonds is 12. The molecule has 0 saturated heterocycles. The van der Waals surface area contributed by atoms with Gasteiger partial charge in [0.25, 0.3) is 5.91 Å². The van der Waals surface area contributed by atoms with Crippen molar-refractivity contribution in [1.82, 2.24) is 9.97 Å². The molecule has 0 bridgehead atoms. The van der Waals surface area contributed by atoms with Gasteiger partial charge in [0, 0.05) is 71.1 Å². The lowest BCUT2D eigenvalue weighted by Crippen LogP contribution is -2.30. The molecular weight excluding hydrogens is 829 g/mol. The van der Waals surface area contributed by atoms with Crippen LogP contribution in [0.4, 0.5) is 11.6 Å². The van der Waals surface area contributed by atoms with E-state index in [1.165, 1.54) is 4.90 Å². The lowest BCUT2D eigenvalue weighted by atomic mass is 9.83. The SMILES string of the molecule is CCN(C)c1ncccc1/C(C=O)=N/N=C/c1c(O)c(O)c(C(C)C)c2cc(C)c(-c3c(C)cc4c(C(C)C)c(O)c(O)c(/C=N/N=C5/C(=O)N(CC)c6ncccc65)c4c3O)c(O)c12. The number of nitrogens with zero attached hydrogens (tertiary/aromatic N) is 8. The number of phenolic OH excluding ortho intramolecular Hbond substituents is 6. The number of aromatic hydroxyl groups is 6. The molecular formula is C49H50N8O8. The number of anilines is 2. The maximum absolute atomic E-state index is 13.3. The molecule has 6 aromatic rings. The average molecular weight is 879 g/mol. The number of carbonyl (C=O) groups excluding carboxylic acids is 2. The van der Waals surface area contributed by atoms with E-state index >= 15 is 0 Å². The van der Waals surface area contributed by atoms with Gasteiger partial charge in [0.05, 0.1) is 29.1 Å². The van der Waals surface area contributed by atoms with Crippen molar-refractivity contribution in [2.45, 2.75) is 67.2 Å². The number of hydrogen-bond donors (Lipinski definition) is 6. The second-order valence-corrected chi connectivity index (χ2v) is 16.4. The lowest BCUT2D eigenvalue weighted by molar-refractivity contribution is -0.112. The highest BCUT2D eigenvalue weighted by molar-refractivity contribution is 6.54. The van der Waals surface area contributed by atoms with Crippen molar-refractivity contribution >= 4 is 69.2 Å². The van der Waals surface area contributed by atoms with Crippen LogP contribution in [0.1, 0.15) is 97.9 Å². The van der Waals surface area contributed by atoms with Crippen LogP contribution < -0.4 is 9.80 Å². The molecule has 2 aromatic heterocycles. The summed E-state index contributed by atoms with van der Waals surface area (Å²) in [5.41, 5.74) is 2.49. The van der Waals surface area contributed by atoms with Crippen molar-refractivity contribution in [1.29, 1.82) is 0 Å². The predicted molar refractivity (Wildman–Crippen MR) is 254 cm³/mol. The van der Waals surface area contributed by atoms with Gasteiger partial charge in [-0.25, -0.2) is 9.97 Å². The van der Waals surface area contributed by atoms with E-state index in [0.29, 0.717) is 75.2 Å². The molecule has 16 nitrogen and oxygen atoms in total. The van der Waals surface area contributed by atoms with E-state index in [2.05, 4.69) is 30.4 Å². The van der Waals surface area contributed by atoms with Gasteiger partial charge >= 0.3 is 0 Å². The number of phenols is 6. The summed E-state index contributed by atoms with van der Waals surface area (Å²) < 4.78 is 0. The van der Waals surface area contributed by atoms with Crippen molar-refractivity contribution in [2.75, 3.05) is 29.9 Å². The summed E-state index contributed by atoms with van der Waals surface area (Å²) in [7, 11) is 1.81. The van der Waals surface area contributed by atoms with Crippen LogP contribution in [0, 0.1) is 13.8 Å². The molecule has 3 heterocycles. The van der Waals surface area contributed by atoms with Crippen LogP contribution in [-0.4, -0.2) is 96.8 Å². The third-order valence-corrected chi connectivity index (χ3v) is 11.8. The van der Waals surface area contributed by atoms with Gasteiger partial charge in [0.2, 0.25) is 0 Å². The number of benzene rings is 4. The number of aromatic nitrogens is 2. The van der Waals surface area contributed by atoms with Gasteiger partial charge in [-0.1, -0.05) is 39.8 Å². The molecule has 65 heavy (non-hydrogen) atoms. The zero-order valence-electron chi connectivity index (χ0n) is 37.5. The van der Waals surface area contributed by atoms with Gasteiger partial charge in [-0.2, -0.15) is 10.2 Å². The van der Waals surface area contributed by atoms with Crippen molar-refractivity contribution in [3.05, 3.63) is 93.3 Å². The number of likely N-dealkylation sites (N-methyl/N-ethyl adjacent to an activating group) is 1. The van der Waals surface area contributed by atoms with Crippen molar-refractivity contribution in [3.8, 4) is 45.6 Å². The van der Waals surface area contributed by atoms with Crippen LogP contribution in [0.25, 0.3) is 32.7 Å². The number of carbonyl (C=O) groups is 2. The quantitative estimate of drug-likeness (QED) is 0.0296. The first-order chi connectivity index (χ1) is 31.0. The Balaban J connectivity index is 1.49. The zero-order valence-corrected chi connectivity index (χ0v) is 37.5. The minimum Gasteiger partial charge on any atom is -0.507 e. The average Bonchev–Trinajstić information content (AvgIpc) is 3.55. The van der Waals surface area contributed by atoms with Crippen LogP contribution in [0.5, 0.6) is 34.5 Å². The molecule has 0 unspecified atom stereocenters. The third-order valence-electron chi connectivity index (χ3n) is 11.8. The summed E-state index contributed by atoms with van der Waals surface area (Å²) in [5.74, 6) is -3.04. The van der Waals surface area contributed by atoms with E-state index in [-0.39, 0.29) is 62.0 Å². The van der Waals surface area contributed by atoms with E-state index in [1.54, 1.807) is 69.6 Å². The molecule has 16 heteroatoms. The maximum Gasteiger partial charge on any atom is 0.280 e. The highest BCUT2D eigenvalue weighted by atomic mass is 16.3. The maximum atomic E-state index is 13.3. The first-order valence-corrected chi connectivity index (χ1v) is 21.1. The summed E-state index contributed by atoms with van der Waals surface area (Å²) in [6.07, 6.45) is 5.96. The molecule has 1 aliphatic rings. The van der Waals surface area contributed by atoms with Crippen molar-refractivity contribution in [2.24, 2.45) is 20.4 Å². The molecule has 334 valence electrons. The summed E-state index contributed by atoms with van der Waals surface area (Å²) >= 11 is 0. The summed E-state index contributed by atoms with van der Waals surface area (Å²) in [5, 5.41) is 88.8. The first kappa shape index (κ1) is 45.2. The fraction of sp³-hybridized carbons (Fsp3) is 0.265. The second-order valence-electron chi connectivity index (χ2n) is 16.4. The van der Waals surface area contributed by atoms with Crippen molar-refractivity contribution in [3.63, 3.8) is 0 Å². The van der Waals surface area contributed by atoms with E-state index < -0.39 is 34.7 Å². The van der Waals surface area contributed by atoms with Crippen LogP contribution in [0.3, 0.4) is 0 Å². The Bertz CT molecular complexity index is 3080. The normalized spacial score (nSPS) is 13.8. The second kappa shape index (κ2) is 17.7. The Labute approximate surface area is 374 Å². The molecule has 7 rings (SSSR count). The lowest BCUT2D eigenvalue weighted by Gasteiger charge is -2.23. The molecule has 1 amide bonds. The highest BCUT2D eigenvalue weighted by Crippen LogP contribution is 2.54. The van der Waals surface area contributed by atoms with Crippen LogP contribution in [0.2, 0.25) is 0 Å². The Morgan fingerprint density at radius 3 is 1.78 bits per heavy atom. The Kier molecular flexibility index (Phi) is 12.3. The number of hydrogen-bond acceptors (Lipinski definition) is 15. The first-order valence-electron chi connectivity index (χ1n) is 21.1. The van der Waals surface area contributed by atoms with E-state index in [9.17, 15) is 40.2 Å². The predicted octanol–water partition coefficient (Wildman–Crippen LogP) is 8.22. The number of fused-ring (bicyclic) bond motifs is 3. The molecule has 0 spiro atoms. The van der Waals surface area contributed by atoms with Crippen LogP contribution >= 0.6 is 0 Å². The molecule has 4 aromatic carbocycles. The van der Waals surface area contributed by atoms with E-state index in [1.807, 2.05) is 46.6 Å². The summed E-state index contributed by atoms with van der Waals surface area (Å²) in [6.45, 7) is 15.4. The van der Waals surface area contributed by atoms with Gasteiger partial charge in [-0.3, -0.25) is 14.5 Å². The number of aryl methyl sites for hydroxylation is 2. The van der Waals surface area contributed by atoms with Gasteiger partial charge in [0.15, 0.2) is 35.0 Å². The highest BCUT2D eigenvalue weighted by Gasteiger charge is 2.35. The van der Waals surface area contributed by atoms with Gasteiger partial charge < -0.3 is 35.5 Å². The number of pyridine rings is 2. The molecule has 0 radical (unpaired) electrons. The number of aldehydes is 1. The van der Waals surface area contributed by atoms with E-state index in [0.717, 1.165) is 12.4 Å². The summed E-state index contributed by atoms with van der Waals surface area (Å²) in [4.78, 5) is 37.7. The molecule has 1 aliphatic heterocycles. The number of amides is 1. The smallest absolute Gasteiger partial charge is 0.280 e. The fourth-order valence-electron chi connectivity index (χ4n) is 8.64. The topological polar surface area (TPSA) is 237 Å². The third kappa shape index (κ3) is 7.49. The van der Waals surface area contributed by atoms with Crippen LogP contribution in [0.15, 0.2) is 69.2 Å². The van der Waals surface area contributed by atoms with Gasteiger partial charge in [0.1, 0.15) is 28.8 Å². The van der Waals surface area contributed by atoms with Crippen molar-refractivity contribution < 1.29 is 40.2 Å². The molecule has 6 N–H and O–H groups in total.